The van der Waals surface area contributed by atoms with Crippen LogP contribution in [0.5, 0.6) is 5.75 Å². The van der Waals surface area contributed by atoms with E-state index in [1.54, 1.807) is 87.4 Å². The molecule has 368 valence electrons. The van der Waals surface area contributed by atoms with E-state index in [9.17, 15) is 45.9 Å². The van der Waals surface area contributed by atoms with Gasteiger partial charge >= 0.3 is 24.3 Å². The lowest BCUT2D eigenvalue weighted by molar-refractivity contribution is -0.137. The molecule has 2 aliphatic rings. The maximum Gasteiger partial charge on any atom is 0.418 e. The van der Waals surface area contributed by atoms with Gasteiger partial charge in [-0.1, -0.05) is 6.07 Å². The molecule has 1 atom stereocenters. The Morgan fingerprint density at radius 1 is 0.879 bits per heavy atom. The molecule has 66 heavy (non-hydrogen) atoms. The normalized spacial score (nSPS) is 17.0. The van der Waals surface area contributed by atoms with Crippen molar-refractivity contribution in [1.29, 1.82) is 0 Å². The number of nitrogens with zero attached hydrogens (tertiary/aromatic N) is 4. The number of benzene rings is 2. The molecule has 1 unspecified atom stereocenters. The lowest BCUT2D eigenvalue weighted by Crippen LogP contribution is -2.55. The van der Waals surface area contributed by atoms with Crippen molar-refractivity contribution in [3.8, 4) is 5.75 Å². The molecule has 1 fully saturated rings. The highest BCUT2D eigenvalue weighted by Gasteiger charge is 2.54. The molecule has 2 heterocycles. The van der Waals surface area contributed by atoms with Crippen molar-refractivity contribution in [2.24, 2.45) is 4.99 Å². The monoisotopic (exact) mass is 955 g/mol. The second-order valence-corrected chi connectivity index (χ2v) is 21.4. The van der Waals surface area contributed by atoms with Crippen molar-refractivity contribution >= 4 is 39.9 Å². The van der Waals surface area contributed by atoms with E-state index < -0.39 is 74.4 Å². The summed E-state index contributed by atoms with van der Waals surface area (Å²) in [4.78, 5) is 57.3. The highest BCUT2D eigenvalue weighted by Crippen LogP contribution is 2.41. The highest BCUT2D eigenvalue weighted by molar-refractivity contribution is 7.89. The van der Waals surface area contributed by atoms with Crippen LogP contribution in [0.25, 0.3) is 0 Å². The fraction of sp³-hybridized carbons (Fsp3) is 0.622. The molecule has 21 heteroatoms. The van der Waals surface area contributed by atoms with Crippen LogP contribution >= 0.6 is 0 Å². The number of piperidine rings is 1. The van der Waals surface area contributed by atoms with E-state index in [1.165, 1.54) is 17.4 Å². The number of likely N-dealkylation sites (N-methyl/N-ethyl adjacent to an activating group) is 1. The second kappa shape index (κ2) is 20.9. The topological polar surface area (TPSA) is 203 Å². The minimum Gasteiger partial charge on any atom is -0.491 e. The molecule has 0 bridgehead atoms. The first kappa shape index (κ1) is 53.6. The third kappa shape index (κ3) is 15.3. The number of aryl methyl sites for hydroxylation is 2. The predicted octanol–water partition coefficient (Wildman–Crippen LogP) is 6.07. The number of amidine groups is 1. The van der Waals surface area contributed by atoms with E-state index in [2.05, 4.69) is 5.32 Å². The van der Waals surface area contributed by atoms with Crippen molar-refractivity contribution in [2.45, 2.75) is 123 Å². The van der Waals surface area contributed by atoms with Crippen molar-refractivity contribution in [2.75, 3.05) is 58.8 Å². The Hall–Kier alpha value is -4.99. The zero-order chi connectivity index (χ0) is 49.6. The molecule has 0 saturated carbocycles. The van der Waals surface area contributed by atoms with Gasteiger partial charge in [0.1, 0.15) is 47.1 Å². The summed E-state index contributed by atoms with van der Waals surface area (Å²) >= 11 is 0. The van der Waals surface area contributed by atoms with Crippen molar-refractivity contribution in [3.05, 3.63) is 64.2 Å². The molecule has 2 aromatic carbocycles. The number of carbonyl (C=O) groups excluding carboxylic acids is 4. The quantitative estimate of drug-likeness (QED) is 0.119. The van der Waals surface area contributed by atoms with Gasteiger partial charge in [0.15, 0.2) is 6.23 Å². The fourth-order valence-corrected chi connectivity index (χ4v) is 8.42. The van der Waals surface area contributed by atoms with Gasteiger partial charge in [-0.15, -0.1) is 0 Å². The molecule has 2 aliphatic heterocycles. The van der Waals surface area contributed by atoms with Crippen LogP contribution in [0, 0.1) is 6.92 Å². The van der Waals surface area contributed by atoms with E-state index in [-0.39, 0.29) is 88.2 Å². The number of aliphatic imine (C=N–C) groups is 1. The molecular formula is C45H64F3N5O12S. The van der Waals surface area contributed by atoms with E-state index in [0.29, 0.717) is 16.7 Å². The number of amides is 3. The van der Waals surface area contributed by atoms with Crippen LogP contribution < -0.4 is 10.1 Å². The molecular weight excluding hydrogens is 892 g/mol. The number of rotatable bonds is 15. The molecule has 0 aromatic heterocycles. The summed E-state index contributed by atoms with van der Waals surface area (Å²) in [6.07, 6.45) is -8.38. The average Bonchev–Trinajstić information content (AvgIpc) is 3.45. The standard InChI is InChI=1S/C45H64F3N5O12S/c1-29-24-31(37(55)63-41(2,3)4)13-12-30(29)14-23-66(59,60)52-18-15-44(16-19-52)38(56)53(40(58)65-43(8,9)10)36(50-44)32-25-33(45(46,47)48)27-34(26-32)62-22-21-61-20-17-49-35(54)28-51(11)39(57)64-42(5,6)7/h12-13,24-27,38,56H,14-23,28H2,1-11H3,(H,49,54). The average molecular weight is 956 g/mol. The van der Waals surface area contributed by atoms with E-state index in [0.717, 1.165) is 21.9 Å². The van der Waals surface area contributed by atoms with E-state index in [4.69, 9.17) is 28.7 Å². The fourth-order valence-electron chi connectivity index (χ4n) is 6.94. The number of hydrogen-bond donors (Lipinski definition) is 2. The maximum atomic E-state index is 14.4. The van der Waals surface area contributed by atoms with Gasteiger partial charge in [0.05, 0.1) is 30.1 Å². The minimum atomic E-state index is -4.87. The number of esters is 1. The van der Waals surface area contributed by atoms with Crippen LogP contribution in [0.15, 0.2) is 41.4 Å². The number of sulfonamides is 1. The number of hydrogen-bond acceptors (Lipinski definition) is 13. The Bertz CT molecular complexity index is 2220. The summed E-state index contributed by atoms with van der Waals surface area (Å²) in [5.74, 6) is -1.80. The third-order valence-electron chi connectivity index (χ3n) is 10.1. The van der Waals surface area contributed by atoms with Gasteiger partial charge in [0, 0.05) is 32.2 Å². The van der Waals surface area contributed by atoms with Gasteiger partial charge in [0.25, 0.3) is 0 Å². The van der Waals surface area contributed by atoms with Crippen LogP contribution in [0.1, 0.15) is 108 Å². The van der Waals surface area contributed by atoms with E-state index in [1.807, 2.05) is 0 Å². The second-order valence-electron chi connectivity index (χ2n) is 19.3. The van der Waals surface area contributed by atoms with Gasteiger partial charge in [-0.3, -0.25) is 9.79 Å². The molecule has 0 aliphatic carbocycles. The SMILES string of the molecule is Cc1cc(C(=O)OC(C)(C)C)ccc1CCS(=O)(=O)N1CCC2(CC1)N=C(c1cc(OCCOCCNC(=O)CN(C)C(=O)OC(C)(C)C)cc(C(F)(F)F)c1)N(C(=O)OC(C)(C)C)C2O. The van der Waals surface area contributed by atoms with Gasteiger partial charge in [-0.25, -0.2) is 32.0 Å². The van der Waals surface area contributed by atoms with Crippen LogP contribution in [-0.2, 0) is 46.4 Å². The highest BCUT2D eigenvalue weighted by atomic mass is 32.2. The molecule has 0 radical (unpaired) electrons. The first-order chi connectivity index (χ1) is 30.3. The molecule has 2 aromatic rings. The summed E-state index contributed by atoms with van der Waals surface area (Å²) in [6.45, 7) is 16.2. The number of nitrogens with one attached hydrogen (secondary N) is 1. The van der Waals surface area contributed by atoms with Crippen LogP contribution in [-0.4, -0.2) is 145 Å². The van der Waals surface area contributed by atoms with Crippen LogP contribution in [0.3, 0.4) is 0 Å². The number of ether oxygens (including phenoxy) is 5. The summed E-state index contributed by atoms with van der Waals surface area (Å²) < 4.78 is 99.0. The van der Waals surface area contributed by atoms with Gasteiger partial charge in [-0.2, -0.15) is 13.2 Å². The molecule has 2 N–H and O–H groups in total. The number of halogens is 3. The zero-order valence-electron chi connectivity index (χ0n) is 39.6. The summed E-state index contributed by atoms with van der Waals surface area (Å²) in [6, 6.07) is 7.70. The van der Waals surface area contributed by atoms with Crippen LogP contribution in [0.4, 0.5) is 22.8 Å². The largest absolute Gasteiger partial charge is 0.491 e. The first-order valence-corrected chi connectivity index (χ1v) is 23.1. The van der Waals surface area contributed by atoms with Gasteiger partial charge in [-0.05, 0) is 130 Å². The first-order valence-electron chi connectivity index (χ1n) is 21.5. The lowest BCUT2D eigenvalue weighted by atomic mass is 9.87. The number of alkyl halides is 3. The molecule has 4 rings (SSSR count). The number of aliphatic hydroxyl groups excluding tert-OH is 1. The van der Waals surface area contributed by atoms with Crippen molar-refractivity contribution in [3.63, 3.8) is 0 Å². The Morgan fingerprint density at radius 2 is 1.50 bits per heavy atom. The smallest absolute Gasteiger partial charge is 0.418 e. The van der Waals surface area contributed by atoms with Crippen LogP contribution in [0.2, 0.25) is 0 Å². The van der Waals surface area contributed by atoms with Crippen molar-refractivity contribution in [1.82, 2.24) is 19.4 Å². The summed E-state index contributed by atoms with van der Waals surface area (Å²) in [5, 5.41) is 14.4. The Balaban J connectivity index is 1.46. The molecule has 1 spiro atoms. The Kier molecular flexibility index (Phi) is 17.0. The molecule has 17 nitrogen and oxygen atoms in total. The minimum absolute atomic E-state index is 0.0181. The molecule has 1 saturated heterocycles. The Morgan fingerprint density at radius 3 is 2.08 bits per heavy atom. The van der Waals surface area contributed by atoms with E-state index >= 15 is 0 Å². The third-order valence-corrected chi connectivity index (χ3v) is 12.0. The molecule has 3 amide bonds. The van der Waals surface area contributed by atoms with Gasteiger partial charge in [0.2, 0.25) is 15.9 Å². The van der Waals surface area contributed by atoms with Crippen molar-refractivity contribution < 1.29 is 69.6 Å². The lowest BCUT2D eigenvalue weighted by Gasteiger charge is -2.39. The maximum absolute atomic E-state index is 14.4. The Labute approximate surface area is 385 Å². The number of aliphatic hydroxyl groups is 1. The number of carbonyl (C=O) groups is 4. The zero-order valence-corrected chi connectivity index (χ0v) is 40.4. The predicted molar refractivity (Wildman–Crippen MR) is 238 cm³/mol. The van der Waals surface area contributed by atoms with Gasteiger partial charge < -0.3 is 39.0 Å². The summed E-state index contributed by atoms with van der Waals surface area (Å²) in [5.41, 5.74) is -3.59. The summed E-state index contributed by atoms with van der Waals surface area (Å²) in [7, 11) is -2.46.